The van der Waals surface area contributed by atoms with Gasteiger partial charge in [0.15, 0.2) is 0 Å². The summed E-state index contributed by atoms with van der Waals surface area (Å²) in [6.07, 6.45) is 1.95. The molecule has 0 aliphatic heterocycles. The molecule has 0 saturated heterocycles. The van der Waals surface area contributed by atoms with E-state index < -0.39 is 6.03 Å². The number of amides is 3. The minimum atomic E-state index is -0.509. The van der Waals surface area contributed by atoms with E-state index in [1.54, 1.807) is 10.9 Å². The topological polar surface area (TPSA) is 101 Å². The summed E-state index contributed by atoms with van der Waals surface area (Å²) < 4.78 is 1.58. The Hall–Kier alpha value is -1.96. The molecule has 0 fully saturated rings. The van der Waals surface area contributed by atoms with Gasteiger partial charge >= 0.3 is 6.03 Å². The zero-order chi connectivity index (χ0) is 14.3. The highest BCUT2D eigenvalue weighted by Gasteiger charge is 2.07. The van der Waals surface area contributed by atoms with Gasteiger partial charge in [0, 0.05) is 32.3 Å². The fourth-order valence-electron chi connectivity index (χ4n) is 1.31. The molecule has 3 amide bonds. The van der Waals surface area contributed by atoms with Gasteiger partial charge in [0.05, 0.1) is 12.2 Å². The van der Waals surface area contributed by atoms with Gasteiger partial charge in [0.2, 0.25) is 5.91 Å². The van der Waals surface area contributed by atoms with Gasteiger partial charge in [-0.05, 0) is 0 Å². The minimum absolute atomic E-state index is 0.174. The summed E-state index contributed by atoms with van der Waals surface area (Å²) in [5, 5.41) is 15.6. The Labute approximate surface area is 111 Å². The Morgan fingerprint density at radius 1 is 1.42 bits per heavy atom. The lowest BCUT2D eigenvalue weighted by atomic mass is 10.3. The number of aryl methyl sites for hydroxylation is 1. The van der Waals surface area contributed by atoms with E-state index in [0.717, 1.165) is 5.69 Å². The smallest absolute Gasteiger partial charge is 0.321 e. The number of carbonyl (C=O) groups excluding carboxylic acids is 2. The van der Waals surface area contributed by atoms with Crippen molar-refractivity contribution >= 4 is 11.9 Å². The number of hydrogen-bond donors (Lipinski definition) is 3. The largest absolute Gasteiger partial charge is 0.341 e. The third kappa shape index (κ3) is 5.96. The van der Waals surface area contributed by atoms with Crippen LogP contribution in [0.5, 0.6) is 0 Å². The summed E-state index contributed by atoms with van der Waals surface area (Å²) in [6, 6.07) is -0.131. The van der Waals surface area contributed by atoms with Crippen LogP contribution in [0.2, 0.25) is 0 Å². The van der Waals surface area contributed by atoms with Crippen molar-refractivity contribution in [3.8, 4) is 0 Å². The molecule has 3 N–H and O–H groups in total. The molecule has 1 rings (SSSR count). The monoisotopic (exact) mass is 268 g/mol. The highest BCUT2D eigenvalue weighted by atomic mass is 16.2. The molecule has 8 heteroatoms. The van der Waals surface area contributed by atoms with Crippen molar-refractivity contribution in [1.82, 2.24) is 30.9 Å². The molecule has 0 aliphatic carbocycles. The van der Waals surface area contributed by atoms with Crippen LogP contribution in [-0.4, -0.2) is 40.0 Å². The third-order valence-electron chi connectivity index (χ3n) is 2.33. The Bertz CT molecular complexity index is 429. The van der Waals surface area contributed by atoms with Crippen molar-refractivity contribution in [1.29, 1.82) is 0 Å². The maximum absolute atomic E-state index is 11.4. The Morgan fingerprint density at radius 2 is 2.16 bits per heavy atom. The van der Waals surface area contributed by atoms with Crippen molar-refractivity contribution in [2.24, 2.45) is 0 Å². The van der Waals surface area contributed by atoms with Crippen molar-refractivity contribution in [2.45, 2.75) is 39.4 Å². The SMILES string of the molecule is CNC(=O)NC(=O)CCn1cc(CNC(C)C)nn1. The summed E-state index contributed by atoms with van der Waals surface area (Å²) in [5.41, 5.74) is 0.820. The van der Waals surface area contributed by atoms with Gasteiger partial charge in [-0.1, -0.05) is 19.1 Å². The van der Waals surface area contributed by atoms with E-state index in [1.165, 1.54) is 7.05 Å². The van der Waals surface area contributed by atoms with Gasteiger partial charge in [0.1, 0.15) is 0 Å². The van der Waals surface area contributed by atoms with Crippen molar-refractivity contribution < 1.29 is 9.59 Å². The van der Waals surface area contributed by atoms with E-state index in [1.807, 2.05) is 13.8 Å². The first-order chi connectivity index (χ1) is 9.01. The standard InChI is InChI=1S/C11H20N6O2/c1-8(2)13-6-9-7-17(16-15-9)5-4-10(18)14-11(19)12-3/h7-8,13H,4-6H2,1-3H3,(H2,12,14,18,19). The number of rotatable bonds is 6. The lowest BCUT2D eigenvalue weighted by Crippen LogP contribution is -2.37. The van der Waals surface area contributed by atoms with E-state index in [9.17, 15) is 9.59 Å². The molecule has 1 aromatic heterocycles. The number of nitrogens with one attached hydrogen (secondary N) is 3. The molecule has 0 radical (unpaired) electrons. The van der Waals surface area contributed by atoms with Crippen LogP contribution in [0.3, 0.4) is 0 Å². The van der Waals surface area contributed by atoms with Gasteiger partial charge in [-0.25, -0.2) is 4.79 Å². The fraction of sp³-hybridized carbons (Fsp3) is 0.636. The van der Waals surface area contributed by atoms with Crippen LogP contribution in [0.15, 0.2) is 6.20 Å². The number of hydrogen-bond acceptors (Lipinski definition) is 5. The van der Waals surface area contributed by atoms with Crippen molar-refractivity contribution in [2.75, 3.05) is 7.05 Å². The van der Waals surface area contributed by atoms with E-state index >= 15 is 0 Å². The molecule has 0 aliphatic rings. The van der Waals surface area contributed by atoms with Crippen LogP contribution in [0.1, 0.15) is 26.0 Å². The maximum Gasteiger partial charge on any atom is 0.321 e. The second-order valence-corrected chi connectivity index (χ2v) is 4.39. The highest BCUT2D eigenvalue weighted by Crippen LogP contribution is 1.95. The van der Waals surface area contributed by atoms with E-state index in [4.69, 9.17) is 0 Å². The Kier molecular flexibility index (Phi) is 5.94. The third-order valence-corrected chi connectivity index (χ3v) is 2.33. The molecule has 0 atom stereocenters. The number of urea groups is 1. The minimum Gasteiger partial charge on any atom is -0.341 e. The number of aromatic nitrogens is 3. The van der Waals surface area contributed by atoms with Gasteiger partial charge in [-0.3, -0.25) is 14.8 Å². The second-order valence-electron chi connectivity index (χ2n) is 4.39. The number of carbonyl (C=O) groups is 2. The molecule has 1 aromatic rings. The average Bonchev–Trinajstić information content (AvgIpc) is 2.81. The average molecular weight is 268 g/mol. The molecule has 106 valence electrons. The summed E-state index contributed by atoms with van der Waals surface area (Å²) in [5.74, 6) is -0.350. The predicted octanol–water partition coefficient (Wildman–Crippen LogP) is -0.378. The molecule has 0 unspecified atom stereocenters. The lowest BCUT2D eigenvalue weighted by molar-refractivity contribution is -0.120. The zero-order valence-corrected chi connectivity index (χ0v) is 11.4. The van der Waals surface area contributed by atoms with Gasteiger partial charge in [-0.15, -0.1) is 5.10 Å². The molecular weight excluding hydrogens is 248 g/mol. The zero-order valence-electron chi connectivity index (χ0n) is 11.4. The molecule has 0 spiro atoms. The molecular formula is C11H20N6O2. The van der Waals surface area contributed by atoms with Crippen LogP contribution in [0.4, 0.5) is 4.79 Å². The highest BCUT2D eigenvalue weighted by molar-refractivity contribution is 5.94. The van der Waals surface area contributed by atoms with E-state index in [-0.39, 0.29) is 12.3 Å². The summed E-state index contributed by atoms with van der Waals surface area (Å²) in [4.78, 5) is 22.3. The summed E-state index contributed by atoms with van der Waals surface area (Å²) in [7, 11) is 1.45. The predicted molar refractivity (Wildman–Crippen MR) is 69.2 cm³/mol. The first-order valence-corrected chi connectivity index (χ1v) is 6.15. The maximum atomic E-state index is 11.4. The molecule has 1 heterocycles. The second kappa shape index (κ2) is 7.47. The molecule has 0 aromatic carbocycles. The van der Waals surface area contributed by atoms with E-state index in [0.29, 0.717) is 19.1 Å². The normalized spacial score (nSPS) is 10.5. The van der Waals surface area contributed by atoms with Crippen LogP contribution >= 0.6 is 0 Å². The van der Waals surface area contributed by atoms with Crippen molar-refractivity contribution in [3.05, 3.63) is 11.9 Å². The molecule has 8 nitrogen and oxygen atoms in total. The molecule has 0 bridgehead atoms. The lowest BCUT2D eigenvalue weighted by Gasteiger charge is -2.04. The van der Waals surface area contributed by atoms with Crippen LogP contribution in [0.25, 0.3) is 0 Å². The Morgan fingerprint density at radius 3 is 2.79 bits per heavy atom. The van der Waals surface area contributed by atoms with E-state index in [2.05, 4.69) is 26.3 Å². The summed E-state index contributed by atoms with van der Waals surface area (Å²) in [6.45, 7) is 5.13. The van der Waals surface area contributed by atoms with Gasteiger partial charge in [-0.2, -0.15) is 0 Å². The van der Waals surface area contributed by atoms with Crippen LogP contribution < -0.4 is 16.0 Å². The molecule has 0 saturated carbocycles. The van der Waals surface area contributed by atoms with Gasteiger partial charge in [0.25, 0.3) is 0 Å². The quantitative estimate of drug-likeness (QED) is 0.653. The fourth-order valence-corrected chi connectivity index (χ4v) is 1.31. The summed E-state index contributed by atoms with van der Waals surface area (Å²) >= 11 is 0. The first-order valence-electron chi connectivity index (χ1n) is 6.15. The van der Waals surface area contributed by atoms with Crippen molar-refractivity contribution in [3.63, 3.8) is 0 Å². The van der Waals surface area contributed by atoms with Gasteiger partial charge < -0.3 is 10.6 Å². The van der Waals surface area contributed by atoms with Crippen LogP contribution in [-0.2, 0) is 17.9 Å². The Balaban J connectivity index is 2.33. The first kappa shape index (κ1) is 15.1. The number of imide groups is 1. The number of nitrogens with zero attached hydrogens (tertiary/aromatic N) is 3. The van der Waals surface area contributed by atoms with Crippen LogP contribution in [0, 0.1) is 0 Å². The molecule has 19 heavy (non-hydrogen) atoms.